The van der Waals surface area contributed by atoms with E-state index >= 15 is 0 Å². The van der Waals surface area contributed by atoms with Crippen LogP contribution in [0, 0.1) is 6.92 Å². The van der Waals surface area contributed by atoms with Gasteiger partial charge in [0.05, 0.1) is 6.20 Å². The zero-order valence-corrected chi connectivity index (χ0v) is 13.4. The highest BCUT2D eigenvalue weighted by molar-refractivity contribution is 6.31. The first-order chi connectivity index (χ1) is 11.2. The Kier molecular flexibility index (Phi) is 4.68. The van der Waals surface area contributed by atoms with Crippen molar-refractivity contribution in [2.45, 2.75) is 13.5 Å². The molecular formula is C17H16ClN5. The average Bonchev–Trinajstić information content (AvgIpc) is 2.59. The first-order valence-corrected chi connectivity index (χ1v) is 7.60. The molecule has 23 heavy (non-hydrogen) atoms. The van der Waals surface area contributed by atoms with Crippen LogP contribution in [0.4, 0.5) is 17.5 Å². The predicted molar refractivity (Wildman–Crippen MR) is 93.1 cm³/mol. The van der Waals surface area contributed by atoms with Gasteiger partial charge in [-0.3, -0.25) is 0 Å². The summed E-state index contributed by atoms with van der Waals surface area (Å²) in [5, 5.41) is 15.1. The van der Waals surface area contributed by atoms with E-state index in [4.69, 9.17) is 11.6 Å². The molecule has 1 heterocycles. The topological polar surface area (TPSA) is 62.7 Å². The van der Waals surface area contributed by atoms with Crippen molar-refractivity contribution in [3.8, 4) is 0 Å². The van der Waals surface area contributed by atoms with Gasteiger partial charge in [0.2, 0.25) is 5.95 Å². The first kappa shape index (κ1) is 15.2. The van der Waals surface area contributed by atoms with E-state index in [0.29, 0.717) is 23.3 Å². The van der Waals surface area contributed by atoms with Crippen LogP contribution in [0.5, 0.6) is 0 Å². The molecule has 116 valence electrons. The second-order valence-electron chi connectivity index (χ2n) is 5.04. The normalized spacial score (nSPS) is 10.3. The molecule has 0 radical (unpaired) electrons. The van der Waals surface area contributed by atoms with Crippen molar-refractivity contribution in [3.05, 3.63) is 70.9 Å². The fourth-order valence-electron chi connectivity index (χ4n) is 2.10. The molecule has 0 aliphatic heterocycles. The summed E-state index contributed by atoms with van der Waals surface area (Å²) in [4.78, 5) is 4.41. The number of rotatable bonds is 5. The van der Waals surface area contributed by atoms with Gasteiger partial charge in [0.25, 0.3) is 0 Å². The highest BCUT2D eigenvalue weighted by Crippen LogP contribution is 2.25. The summed E-state index contributed by atoms with van der Waals surface area (Å²) in [6.45, 7) is 2.59. The molecule has 0 spiro atoms. The molecule has 6 heteroatoms. The smallest absolute Gasteiger partial charge is 0.244 e. The molecule has 0 aliphatic rings. The second-order valence-corrected chi connectivity index (χ2v) is 5.45. The Bertz CT molecular complexity index is 792. The number of nitrogens with one attached hydrogen (secondary N) is 2. The number of hydrogen-bond donors (Lipinski definition) is 2. The third kappa shape index (κ3) is 3.96. The van der Waals surface area contributed by atoms with Gasteiger partial charge in [0, 0.05) is 17.3 Å². The summed E-state index contributed by atoms with van der Waals surface area (Å²) >= 11 is 6.13. The van der Waals surface area contributed by atoms with Crippen LogP contribution in [0.25, 0.3) is 0 Å². The molecule has 0 saturated carbocycles. The average molecular weight is 326 g/mol. The molecule has 0 bridgehead atoms. The minimum atomic E-state index is 0.471. The van der Waals surface area contributed by atoms with Crippen molar-refractivity contribution in [1.29, 1.82) is 0 Å². The Morgan fingerprint density at radius 3 is 2.70 bits per heavy atom. The molecular weight excluding hydrogens is 310 g/mol. The monoisotopic (exact) mass is 325 g/mol. The Morgan fingerprint density at radius 2 is 1.87 bits per heavy atom. The van der Waals surface area contributed by atoms with Gasteiger partial charge in [-0.25, -0.2) is 0 Å². The third-order valence-electron chi connectivity index (χ3n) is 3.38. The van der Waals surface area contributed by atoms with Crippen LogP contribution in [0.3, 0.4) is 0 Å². The zero-order chi connectivity index (χ0) is 16.1. The molecule has 0 aliphatic carbocycles. The number of benzene rings is 2. The molecule has 0 fully saturated rings. The lowest BCUT2D eigenvalue weighted by Gasteiger charge is -2.10. The van der Waals surface area contributed by atoms with Crippen LogP contribution in [0.15, 0.2) is 54.7 Å². The van der Waals surface area contributed by atoms with Gasteiger partial charge >= 0.3 is 0 Å². The maximum absolute atomic E-state index is 6.13. The summed E-state index contributed by atoms with van der Waals surface area (Å²) in [5.41, 5.74) is 3.01. The van der Waals surface area contributed by atoms with E-state index in [1.54, 1.807) is 6.20 Å². The lowest BCUT2D eigenvalue weighted by atomic mass is 10.2. The molecule has 1 aromatic heterocycles. The van der Waals surface area contributed by atoms with Gasteiger partial charge < -0.3 is 10.6 Å². The third-order valence-corrected chi connectivity index (χ3v) is 3.79. The van der Waals surface area contributed by atoms with Crippen molar-refractivity contribution in [3.63, 3.8) is 0 Å². The fourth-order valence-corrected chi connectivity index (χ4v) is 2.27. The summed E-state index contributed by atoms with van der Waals surface area (Å²) in [5.74, 6) is 1.08. The van der Waals surface area contributed by atoms with Crippen LogP contribution in [0.2, 0.25) is 5.02 Å². The highest BCUT2D eigenvalue weighted by atomic mass is 35.5. The molecule has 0 amide bonds. The zero-order valence-electron chi connectivity index (χ0n) is 12.6. The summed E-state index contributed by atoms with van der Waals surface area (Å²) in [6, 6.07) is 15.7. The number of halogens is 1. The van der Waals surface area contributed by atoms with Gasteiger partial charge in [0.1, 0.15) is 0 Å². The van der Waals surface area contributed by atoms with Crippen molar-refractivity contribution >= 4 is 29.1 Å². The van der Waals surface area contributed by atoms with Gasteiger partial charge in [-0.1, -0.05) is 48.0 Å². The van der Waals surface area contributed by atoms with Gasteiger partial charge in [-0.2, -0.15) is 10.1 Å². The standard InChI is InChI=1S/C17H16ClN5/c1-12-14(18)8-5-9-15(12)21-16-11-20-23-17(22-16)19-10-13-6-3-2-4-7-13/h2-9,11H,10H2,1H3,(H2,19,21,22,23). The van der Waals surface area contributed by atoms with Crippen LogP contribution < -0.4 is 10.6 Å². The summed E-state index contributed by atoms with van der Waals surface area (Å²) in [7, 11) is 0. The molecule has 0 atom stereocenters. The Morgan fingerprint density at radius 1 is 1.04 bits per heavy atom. The quantitative estimate of drug-likeness (QED) is 0.736. The van der Waals surface area contributed by atoms with Crippen molar-refractivity contribution in [1.82, 2.24) is 15.2 Å². The van der Waals surface area contributed by atoms with Crippen LogP contribution in [-0.4, -0.2) is 15.2 Å². The Balaban J connectivity index is 1.71. The number of aromatic nitrogens is 3. The largest absolute Gasteiger partial charge is 0.349 e. The predicted octanol–water partition coefficient (Wildman–Crippen LogP) is 4.19. The van der Waals surface area contributed by atoms with E-state index < -0.39 is 0 Å². The molecule has 2 aromatic carbocycles. The van der Waals surface area contributed by atoms with Crippen LogP contribution in [-0.2, 0) is 6.54 Å². The molecule has 3 aromatic rings. The van der Waals surface area contributed by atoms with Crippen LogP contribution in [0.1, 0.15) is 11.1 Å². The molecule has 2 N–H and O–H groups in total. The maximum atomic E-state index is 6.13. The number of nitrogens with zero attached hydrogens (tertiary/aromatic N) is 3. The molecule has 3 rings (SSSR count). The number of hydrogen-bond acceptors (Lipinski definition) is 5. The van der Waals surface area contributed by atoms with Gasteiger partial charge in [-0.05, 0) is 30.2 Å². The first-order valence-electron chi connectivity index (χ1n) is 7.22. The van der Waals surface area contributed by atoms with Crippen LogP contribution >= 0.6 is 11.6 Å². The van der Waals surface area contributed by atoms with E-state index in [0.717, 1.165) is 16.8 Å². The molecule has 0 unspecified atom stereocenters. The number of anilines is 3. The maximum Gasteiger partial charge on any atom is 0.244 e. The van der Waals surface area contributed by atoms with Crippen molar-refractivity contribution < 1.29 is 0 Å². The van der Waals surface area contributed by atoms with E-state index in [2.05, 4.69) is 25.8 Å². The van der Waals surface area contributed by atoms with Gasteiger partial charge in [-0.15, -0.1) is 5.10 Å². The highest BCUT2D eigenvalue weighted by Gasteiger charge is 2.05. The van der Waals surface area contributed by atoms with E-state index in [1.807, 2.05) is 55.5 Å². The summed E-state index contributed by atoms with van der Waals surface area (Å²) < 4.78 is 0. The SMILES string of the molecule is Cc1c(Cl)cccc1Nc1cnnc(NCc2ccccc2)n1. The van der Waals surface area contributed by atoms with E-state index in [-0.39, 0.29) is 0 Å². The second kappa shape index (κ2) is 7.07. The fraction of sp³-hybridized carbons (Fsp3) is 0.118. The lowest BCUT2D eigenvalue weighted by Crippen LogP contribution is -2.06. The van der Waals surface area contributed by atoms with Crippen molar-refractivity contribution in [2.75, 3.05) is 10.6 Å². The lowest BCUT2D eigenvalue weighted by molar-refractivity contribution is 0.948. The minimum absolute atomic E-state index is 0.471. The van der Waals surface area contributed by atoms with Gasteiger partial charge in [0.15, 0.2) is 5.82 Å². The Hall–Kier alpha value is -2.66. The Labute approximate surface area is 139 Å². The van der Waals surface area contributed by atoms with E-state index in [1.165, 1.54) is 0 Å². The van der Waals surface area contributed by atoms with E-state index in [9.17, 15) is 0 Å². The molecule has 0 saturated heterocycles. The molecule has 5 nitrogen and oxygen atoms in total. The van der Waals surface area contributed by atoms with Crippen molar-refractivity contribution in [2.24, 2.45) is 0 Å². The minimum Gasteiger partial charge on any atom is -0.349 e. The summed E-state index contributed by atoms with van der Waals surface area (Å²) in [6.07, 6.45) is 1.58.